The molecule has 0 bridgehead atoms. The molecule has 0 aromatic carbocycles. The van der Waals surface area contributed by atoms with Crippen molar-refractivity contribution < 1.29 is 4.74 Å². The third-order valence-corrected chi connectivity index (χ3v) is 5.05. The van der Waals surface area contributed by atoms with Gasteiger partial charge in [0.2, 0.25) is 0 Å². The molecule has 0 saturated heterocycles. The normalized spacial score (nSPS) is 31.1. The van der Waals surface area contributed by atoms with Gasteiger partial charge in [-0.15, -0.1) is 0 Å². The summed E-state index contributed by atoms with van der Waals surface area (Å²) in [6.07, 6.45) is 6.77. The van der Waals surface area contributed by atoms with Crippen LogP contribution in [0.1, 0.15) is 66.7 Å². The van der Waals surface area contributed by atoms with Crippen LogP contribution in [0.3, 0.4) is 0 Å². The number of hydrogen-bond acceptors (Lipinski definition) is 2. The molecule has 5 atom stereocenters. The summed E-state index contributed by atoms with van der Waals surface area (Å²) < 4.78 is 6.22. The fourth-order valence-corrected chi connectivity index (χ4v) is 2.93. The lowest BCUT2D eigenvalue weighted by Crippen LogP contribution is -2.41. The Hall–Kier alpha value is -0.0800. The van der Waals surface area contributed by atoms with Crippen molar-refractivity contribution in [2.45, 2.75) is 78.9 Å². The quantitative estimate of drug-likeness (QED) is 0.711. The van der Waals surface area contributed by atoms with E-state index in [0.717, 1.165) is 25.0 Å². The summed E-state index contributed by atoms with van der Waals surface area (Å²) in [7, 11) is 0. The molecule has 0 aliphatic heterocycles. The third kappa shape index (κ3) is 5.83. The Bertz CT molecular complexity index is 231. The van der Waals surface area contributed by atoms with E-state index in [-0.39, 0.29) is 0 Å². The second-order valence-electron chi connectivity index (χ2n) is 6.67. The Balaban J connectivity index is 2.34. The fraction of sp³-hybridized carbons (Fsp3) is 1.00. The van der Waals surface area contributed by atoms with Gasteiger partial charge in [0.05, 0.1) is 12.7 Å². The highest BCUT2D eigenvalue weighted by Crippen LogP contribution is 2.31. The van der Waals surface area contributed by atoms with Gasteiger partial charge in [0.1, 0.15) is 0 Å². The summed E-state index contributed by atoms with van der Waals surface area (Å²) in [5.74, 6) is 2.40. The van der Waals surface area contributed by atoms with Crippen molar-refractivity contribution in [2.75, 3.05) is 13.2 Å². The lowest BCUT2D eigenvalue weighted by Gasteiger charge is -2.34. The van der Waals surface area contributed by atoms with Crippen LogP contribution < -0.4 is 5.32 Å². The summed E-state index contributed by atoms with van der Waals surface area (Å²) in [6.45, 7) is 13.6. The molecule has 2 nitrogen and oxygen atoms in total. The lowest BCUT2D eigenvalue weighted by atomic mass is 9.80. The summed E-state index contributed by atoms with van der Waals surface area (Å²) >= 11 is 0. The molecule has 0 amide bonds. The molecule has 0 aromatic heterocycles. The maximum absolute atomic E-state index is 6.22. The van der Waals surface area contributed by atoms with Gasteiger partial charge < -0.3 is 10.1 Å². The zero-order valence-corrected chi connectivity index (χ0v) is 13.7. The molecule has 0 aromatic rings. The van der Waals surface area contributed by atoms with Gasteiger partial charge in [0.15, 0.2) is 0 Å². The van der Waals surface area contributed by atoms with E-state index in [1.54, 1.807) is 0 Å². The highest BCUT2D eigenvalue weighted by atomic mass is 16.5. The van der Waals surface area contributed by atoms with E-state index in [4.69, 9.17) is 4.74 Å². The minimum Gasteiger partial charge on any atom is -0.377 e. The van der Waals surface area contributed by atoms with Gasteiger partial charge in [-0.25, -0.2) is 0 Å². The van der Waals surface area contributed by atoms with Crippen molar-refractivity contribution >= 4 is 0 Å². The Morgan fingerprint density at radius 3 is 2.47 bits per heavy atom. The summed E-state index contributed by atoms with van der Waals surface area (Å²) in [4.78, 5) is 0. The van der Waals surface area contributed by atoms with E-state index in [2.05, 4.69) is 39.9 Å². The van der Waals surface area contributed by atoms with E-state index in [1.807, 2.05) is 0 Å². The van der Waals surface area contributed by atoms with Crippen molar-refractivity contribution in [3.63, 3.8) is 0 Å². The molecule has 2 heteroatoms. The van der Waals surface area contributed by atoms with Gasteiger partial charge in [-0.1, -0.05) is 41.0 Å². The van der Waals surface area contributed by atoms with Gasteiger partial charge >= 0.3 is 0 Å². The molecular weight excluding hydrogens is 234 g/mol. The Morgan fingerprint density at radius 1 is 1.16 bits per heavy atom. The molecule has 0 radical (unpaired) electrons. The first-order valence-corrected chi connectivity index (χ1v) is 8.43. The minimum atomic E-state index is 0.501. The molecule has 1 aliphatic rings. The second kappa shape index (κ2) is 8.97. The van der Waals surface area contributed by atoms with Crippen molar-refractivity contribution in [2.24, 2.45) is 17.8 Å². The van der Waals surface area contributed by atoms with E-state index in [0.29, 0.717) is 18.1 Å². The summed E-state index contributed by atoms with van der Waals surface area (Å²) in [5, 5.41) is 3.65. The van der Waals surface area contributed by atoms with Crippen molar-refractivity contribution in [3.8, 4) is 0 Å². The molecule has 1 aliphatic carbocycles. The van der Waals surface area contributed by atoms with Gasteiger partial charge in [-0.05, 0) is 50.0 Å². The topological polar surface area (TPSA) is 21.3 Å². The van der Waals surface area contributed by atoms with Gasteiger partial charge in [0, 0.05) is 6.04 Å². The highest BCUT2D eigenvalue weighted by molar-refractivity contribution is 4.78. The summed E-state index contributed by atoms with van der Waals surface area (Å²) in [5.41, 5.74) is 0. The predicted molar refractivity (Wildman–Crippen MR) is 83.5 cm³/mol. The maximum Gasteiger partial charge on any atom is 0.0625 e. The minimum absolute atomic E-state index is 0.501. The number of nitrogens with one attached hydrogen (secondary N) is 1. The monoisotopic (exact) mass is 269 g/mol. The van der Waals surface area contributed by atoms with Crippen LogP contribution in [-0.2, 0) is 4.74 Å². The molecule has 1 fully saturated rings. The smallest absolute Gasteiger partial charge is 0.0625 e. The molecule has 5 unspecified atom stereocenters. The average molecular weight is 269 g/mol. The van der Waals surface area contributed by atoms with Crippen molar-refractivity contribution in [3.05, 3.63) is 0 Å². The molecule has 0 spiro atoms. The van der Waals surface area contributed by atoms with E-state index >= 15 is 0 Å². The third-order valence-electron chi connectivity index (χ3n) is 5.05. The molecule has 19 heavy (non-hydrogen) atoms. The van der Waals surface area contributed by atoms with Crippen LogP contribution in [0.5, 0.6) is 0 Å². The van der Waals surface area contributed by atoms with Crippen LogP contribution in [0.4, 0.5) is 0 Å². The fourth-order valence-electron chi connectivity index (χ4n) is 2.93. The van der Waals surface area contributed by atoms with Crippen molar-refractivity contribution in [1.29, 1.82) is 0 Å². The van der Waals surface area contributed by atoms with E-state index < -0.39 is 0 Å². The largest absolute Gasteiger partial charge is 0.377 e. The van der Waals surface area contributed by atoms with Crippen LogP contribution >= 0.6 is 0 Å². The zero-order valence-electron chi connectivity index (χ0n) is 13.7. The Morgan fingerprint density at radius 2 is 1.89 bits per heavy atom. The second-order valence-corrected chi connectivity index (χ2v) is 6.67. The molecule has 1 saturated carbocycles. The van der Waals surface area contributed by atoms with E-state index in [1.165, 1.54) is 32.1 Å². The summed E-state index contributed by atoms with van der Waals surface area (Å²) in [6, 6.07) is 0.527. The first-order chi connectivity index (χ1) is 9.08. The van der Waals surface area contributed by atoms with Gasteiger partial charge in [-0.3, -0.25) is 0 Å². The Kier molecular flexibility index (Phi) is 8.01. The lowest BCUT2D eigenvalue weighted by molar-refractivity contribution is -0.0135. The average Bonchev–Trinajstić information content (AvgIpc) is 2.42. The van der Waals surface area contributed by atoms with Gasteiger partial charge in [-0.2, -0.15) is 0 Å². The molecule has 114 valence electrons. The maximum atomic E-state index is 6.22. The van der Waals surface area contributed by atoms with Crippen LogP contribution in [0.15, 0.2) is 0 Å². The number of rotatable bonds is 8. The van der Waals surface area contributed by atoms with E-state index in [9.17, 15) is 0 Å². The highest BCUT2D eigenvalue weighted by Gasteiger charge is 2.26. The van der Waals surface area contributed by atoms with Crippen LogP contribution in [-0.4, -0.2) is 25.3 Å². The number of hydrogen-bond donors (Lipinski definition) is 1. The van der Waals surface area contributed by atoms with Crippen LogP contribution in [0.2, 0.25) is 0 Å². The molecule has 0 heterocycles. The zero-order chi connectivity index (χ0) is 14.3. The van der Waals surface area contributed by atoms with Crippen LogP contribution in [0.25, 0.3) is 0 Å². The molecule has 1 N–H and O–H groups in total. The SMILES string of the molecule is CCCNC(COC1CCC(C)C(C)C1)C(C)CC. The van der Waals surface area contributed by atoms with Crippen molar-refractivity contribution in [1.82, 2.24) is 5.32 Å². The predicted octanol–water partition coefficient (Wildman–Crippen LogP) is 4.24. The van der Waals surface area contributed by atoms with Crippen LogP contribution in [0, 0.1) is 17.8 Å². The molecular formula is C17H35NO. The standard InChI is InChI=1S/C17H35NO/c1-6-10-18-17(13(3)7-2)12-19-16-9-8-14(4)15(5)11-16/h13-18H,6-12H2,1-5H3. The first-order valence-electron chi connectivity index (χ1n) is 8.43. The number of ether oxygens (including phenoxy) is 1. The Labute approximate surface area is 120 Å². The first kappa shape index (κ1) is 17.0. The van der Waals surface area contributed by atoms with Gasteiger partial charge in [0.25, 0.3) is 0 Å². The molecule has 1 rings (SSSR count).